The molecule has 1 unspecified atom stereocenters. The normalized spacial score (nSPS) is 12.1. The number of hydrogen-bond acceptors (Lipinski definition) is 2. The summed E-state index contributed by atoms with van der Waals surface area (Å²) in [5.41, 5.74) is 1.14. The minimum absolute atomic E-state index is 0.0467. The molecule has 2 aromatic rings. The molecule has 0 aliphatic rings. The Balaban J connectivity index is 1.78. The highest BCUT2D eigenvalue weighted by Crippen LogP contribution is 2.16. The Morgan fingerprint density at radius 2 is 2.00 bits per heavy atom. The molecule has 0 bridgehead atoms. The van der Waals surface area contributed by atoms with Crippen LogP contribution in [0.3, 0.4) is 0 Å². The molecular formula is C16H18BrNOS. The van der Waals surface area contributed by atoms with E-state index in [0.717, 1.165) is 23.7 Å². The van der Waals surface area contributed by atoms with Crippen LogP contribution < -0.4 is 5.32 Å². The van der Waals surface area contributed by atoms with Gasteiger partial charge in [0.05, 0.1) is 6.04 Å². The van der Waals surface area contributed by atoms with Crippen molar-refractivity contribution in [3.05, 3.63) is 58.3 Å². The van der Waals surface area contributed by atoms with Crippen molar-refractivity contribution in [1.82, 2.24) is 5.32 Å². The van der Waals surface area contributed by atoms with Gasteiger partial charge in [-0.25, -0.2) is 0 Å². The van der Waals surface area contributed by atoms with Gasteiger partial charge in [-0.15, -0.1) is 11.3 Å². The molecule has 4 heteroatoms. The Hall–Kier alpha value is -1.13. The molecule has 0 spiro atoms. The van der Waals surface area contributed by atoms with E-state index in [1.54, 1.807) is 11.3 Å². The van der Waals surface area contributed by atoms with E-state index in [2.05, 4.69) is 38.8 Å². The van der Waals surface area contributed by atoms with Crippen molar-refractivity contribution in [2.45, 2.75) is 25.3 Å². The molecule has 1 N–H and O–H groups in total. The highest BCUT2D eigenvalue weighted by atomic mass is 79.9. The Labute approximate surface area is 132 Å². The lowest BCUT2D eigenvalue weighted by molar-refractivity contribution is -0.121. The molecule has 1 aromatic heterocycles. The molecule has 1 aromatic carbocycles. The summed E-state index contributed by atoms with van der Waals surface area (Å²) in [6, 6.07) is 14.3. The van der Waals surface area contributed by atoms with Crippen LogP contribution in [0.4, 0.5) is 0 Å². The number of hydrogen-bond donors (Lipinski definition) is 1. The van der Waals surface area contributed by atoms with Gasteiger partial charge in [0.1, 0.15) is 0 Å². The van der Waals surface area contributed by atoms with Crippen molar-refractivity contribution in [3.8, 4) is 0 Å². The zero-order valence-electron chi connectivity index (χ0n) is 11.2. The molecule has 106 valence electrons. The van der Waals surface area contributed by atoms with E-state index >= 15 is 0 Å². The van der Waals surface area contributed by atoms with Crippen LogP contribution in [0.15, 0.2) is 47.8 Å². The van der Waals surface area contributed by atoms with E-state index in [9.17, 15) is 4.79 Å². The van der Waals surface area contributed by atoms with Crippen molar-refractivity contribution in [2.75, 3.05) is 5.33 Å². The number of carbonyl (C=O) groups excluding carboxylic acids is 1. The van der Waals surface area contributed by atoms with Gasteiger partial charge in [0.2, 0.25) is 5.91 Å². The van der Waals surface area contributed by atoms with Gasteiger partial charge in [-0.3, -0.25) is 4.79 Å². The first-order valence-corrected chi connectivity index (χ1v) is 8.72. The molecule has 1 amide bonds. The number of benzene rings is 1. The molecule has 1 atom stereocenters. The predicted octanol–water partition coefficient (Wildman–Crippen LogP) is 4.32. The highest BCUT2D eigenvalue weighted by molar-refractivity contribution is 9.09. The van der Waals surface area contributed by atoms with Crippen molar-refractivity contribution in [2.24, 2.45) is 0 Å². The summed E-state index contributed by atoms with van der Waals surface area (Å²) in [6.45, 7) is 0. The second kappa shape index (κ2) is 8.22. The Morgan fingerprint density at radius 1 is 1.20 bits per heavy atom. The molecule has 0 saturated heterocycles. The molecule has 0 radical (unpaired) electrons. The van der Waals surface area contributed by atoms with Gasteiger partial charge in [0.25, 0.3) is 0 Å². The number of carbonyl (C=O) groups is 1. The van der Waals surface area contributed by atoms with E-state index in [4.69, 9.17) is 0 Å². The summed E-state index contributed by atoms with van der Waals surface area (Å²) in [6.07, 6.45) is 2.46. The van der Waals surface area contributed by atoms with Crippen LogP contribution in [0, 0.1) is 0 Å². The third-order valence-corrected chi connectivity index (χ3v) is 4.68. The van der Waals surface area contributed by atoms with Crippen LogP contribution in [0.25, 0.3) is 0 Å². The molecule has 0 aliphatic carbocycles. The number of halogens is 1. The van der Waals surface area contributed by atoms with Gasteiger partial charge in [0, 0.05) is 16.6 Å². The second-order valence-electron chi connectivity index (χ2n) is 4.62. The number of nitrogens with one attached hydrogen (secondary N) is 1. The summed E-state index contributed by atoms with van der Waals surface area (Å²) >= 11 is 5.22. The van der Waals surface area contributed by atoms with E-state index in [0.29, 0.717) is 6.42 Å². The Bertz CT molecular complexity index is 513. The first-order valence-electron chi connectivity index (χ1n) is 6.72. The maximum Gasteiger partial charge on any atom is 0.220 e. The number of rotatable bonds is 7. The van der Waals surface area contributed by atoms with Gasteiger partial charge in [-0.1, -0.05) is 52.3 Å². The van der Waals surface area contributed by atoms with Gasteiger partial charge in [-0.05, 0) is 29.9 Å². The largest absolute Gasteiger partial charge is 0.348 e. The minimum atomic E-state index is 0.0467. The molecule has 0 saturated carbocycles. The average molecular weight is 352 g/mol. The fourth-order valence-corrected chi connectivity index (χ4v) is 3.33. The summed E-state index contributed by atoms with van der Waals surface area (Å²) in [4.78, 5) is 13.3. The lowest BCUT2D eigenvalue weighted by atomic mass is 10.1. The zero-order valence-corrected chi connectivity index (χ0v) is 13.6. The van der Waals surface area contributed by atoms with Crippen LogP contribution in [0.5, 0.6) is 0 Å². The Kier molecular flexibility index (Phi) is 6.27. The van der Waals surface area contributed by atoms with Crippen LogP contribution >= 0.6 is 27.3 Å². The first kappa shape index (κ1) is 15.3. The van der Waals surface area contributed by atoms with Gasteiger partial charge >= 0.3 is 0 Å². The van der Waals surface area contributed by atoms with E-state index in [1.165, 1.54) is 4.88 Å². The fourth-order valence-electron chi connectivity index (χ4n) is 2.04. The minimum Gasteiger partial charge on any atom is -0.348 e. The van der Waals surface area contributed by atoms with E-state index < -0.39 is 0 Å². The molecule has 2 nitrogen and oxygen atoms in total. The van der Waals surface area contributed by atoms with Crippen LogP contribution in [-0.2, 0) is 11.2 Å². The van der Waals surface area contributed by atoms with E-state index in [-0.39, 0.29) is 11.9 Å². The maximum atomic E-state index is 12.0. The number of thiophene rings is 1. The molecule has 1 heterocycles. The number of amides is 1. The van der Waals surface area contributed by atoms with Gasteiger partial charge in [0.15, 0.2) is 0 Å². The lowest BCUT2D eigenvalue weighted by Crippen LogP contribution is -2.29. The van der Waals surface area contributed by atoms with Gasteiger partial charge in [-0.2, -0.15) is 0 Å². The maximum absolute atomic E-state index is 12.0. The second-order valence-corrected chi connectivity index (χ2v) is 6.30. The smallest absolute Gasteiger partial charge is 0.220 e. The summed E-state index contributed by atoms with van der Waals surface area (Å²) in [5, 5.41) is 5.89. The zero-order chi connectivity index (χ0) is 14.2. The summed E-state index contributed by atoms with van der Waals surface area (Å²) < 4.78 is 0. The van der Waals surface area contributed by atoms with E-state index in [1.807, 2.05) is 30.3 Å². The fraction of sp³-hybridized carbons (Fsp3) is 0.312. The lowest BCUT2D eigenvalue weighted by Gasteiger charge is -2.16. The standard InChI is InChI=1S/C16H18BrNOS/c17-12-15(13-6-2-1-3-7-13)18-16(19)10-4-8-14-9-5-11-20-14/h1-3,5-7,9,11,15H,4,8,10,12H2,(H,18,19). The third kappa shape index (κ3) is 4.76. The quantitative estimate of drug-likeness (QED) is 0.739. The van der Waals surface area contributed by atoms with Crippen molar-refractivity contribution < 1.29 is 4.79 Å². The highest BCUT2D eigenvalue weighted by Gasteiger charge is 2.12. The van der Waals surface area contributed by atoms with Crippen LogP contribution in [0.1, 0.15) is 29.3 Å². The van der Waals surface area contributed by atoms with Gasteiger partial charge < -0.3 is 5.32 Å². The molecule has 20 heavy (non-hydrogen) atoms. The monoisotopic (exact) mass is 351 g/mol. The first-order chi connectivity index (χ1) is 9.79. The SMILES string of the molecule is O=C(CCCc1cccs1)NC(CBr)c1ccccc1. The predicted molar refractivity (Wildman–Crippen MR) is 88.4 cm³/mol. The van der Waals surface area contributed by atoms with Crippen molar-refractivity contribution in [3.63, 3.8) is 0 Å². The van der Waals surface area contributed by atoms with Crippen molar-refractivity contribution in [1.29, 1.82) is 0 Å². The topological polar surface area (TPSA) is 29.1 Å². The Morgan fingerprint density at radius 3 is 2.65 bits per heavy atom. The summed E-state index contributed by atoms with van der Waals surface area (Å²) in [7, 11) is 0. The third-order valence-electron chi connectivity index (χ3n) is 3.10. The van der Waals surface area contributed by atoms with Crippen molar-refractivity contribution >= 4 is 33.2 Å². The average Bonchev–Trinajstić information content (AvgIpc) is 2.99. The molecular weight excluding hydrogens is 334 g/mol. The van der Waals surface area contributed by atoms with Crippen LogP contribution in [-0.4, -0.2) is 11.2 Å². The number of alkyl halides is 1. The molecule has 2 rings (SSSR count). The molecule has 0 fully saturated rings. The number of aryl methyl sites for hydroxylation is 1. The molecule has 0 aliphatic heterocycles. The summed E-state index contributed by atoms with van der Waals surface area (Å²) in [5.74, 6) is 0.120. The van der Waals surface area contributed by atoms with Crippen LogP contribution in [0.2, 0.25) is 0 Å².